The Bertz CT molecular complexity index is 384. The molecule has 0 heterocycles. The number of nitrogens with two attached hydrogens (primary N) is 1. The van der Waals surface area contributed by atoms with E-state index in [1.54, 1.807) is 0 Å². The third-order valence-corrected chi connectivity index (χ3v) is 3.16. The van der Waals surface area contributed by atoms with Gasteiger partial charge in [0.1, 0.15) is 5.75 Å². The molecular formula is C14H19NO2. The summed E-state index contributed by atoms with van der Waals surface area (Å²) in [5.74, 6) is 0.658. The first-order valence-electron chi connectivity index (χ1n) is 6.28. The minimum absolute atomic E-state index is 0.257. The average molecular weight is 233 g/mol. The van der Waals surface area contributed by atoms with E-state index in [-0.39, 0.29) is 5.91 Å². The van der Waals surface area contributed by atoms with Crippen LogP contribution in [0.25, 0.3) is 0 Å². The second kappa shape index (κ2) is 5.71. The van der Waals surface area contributed by atoms with Crippen LogP contribution >= 0.6 is 0 Å². The zero-order valence-corrected chi connectivity index (χ0v) is 10.0. The number of amides is 1. The fourth-order valence-electron chi connectivity index (χ4n) is 2.24. The van der Waals surface area contributed by atoms with Gasteiger partial charge in [0.15, 0.2) is 0 Å². The van der Waals surface area contributed by atoms with Crippen LogP contribution < -0.4 is 10.5 Å². The quantitative estimate of drug-likeness (QED) is 0.849. The molecular weight excluding hydrogens is 214 g/mol. The second-order valence-corrected chi connectivity index (χ2v) is 4.64. The Morgan fingerprint density at radius 1 is 1.35 bits per heavy atom. The lowest BCUT2D eigenvalue weighted by Gasteiger charge is -2.13. The summed E-state index contributed by atoms with van der Waals surface area (Å²) < 4.78 is 5.91. The lowest BCUT2D eigenvalue weighted by molar-refractivity contribution is -0.117. The van der Waals surface area contributed by atoms with Gasteiger partial charge in [0.05, 0.1) is 6.10 Å². The number of benzene rings is 1. The molecule has 0 bridgehead atoms. The van der Waals surface area contributed by atoms with E-state index in [1.807, 2.05) is 24.3 Å². The standard InChI is InChI=1S/C14H19NO2/c15-14(16)9-8-11-4-3-7-13(10-11)17-12-5-1-2-6-12/h3-4,7,10,12H,1-2,5-6,8-9H2,(H2,15,16). The maximum absolute atomic E-state index is 10.7. The Kier molecular flexibility index (Phi) is 4.02. The molecule has 1 aromatic rings. The minimum atomic E-state index is -0.257. The molecule has 2 N–H and O–H groups in total. The van der Waals surface area contributed by atoms with Crippen LogP contribution in [0.15, 0.2) is 24.3 Å². The highest BCUT2D eigenvalue weighted by Gasteiger charge is 2.16. The molecule has 1 saturated carbocycles. The highest BCUT2D eigenvalue weighted by atomic mass is 16.5. The Balaban J connectivity index is 1.93. The molecule has 0 aromatic heterocycles. The topological polar surface area (TPSA) is 52.3 Å². The van der Waals surface area contributed by atoms with E-state index in [0.717, 1.165) is 24.2 Å². The highest BCUT2D eigenvalue weighted by Crippen LogP contribution is 2.24. The van der Waals surface area contributed by atoms with Crippen molar-refractivity contribution < 1.29 is 9.53 Å². The molecule has 0 atom stereocenters. The number of carbonyl (C=O) groups excluding carboxylic acids is 1. The van der Waals surface area contributed by atoms with Crippen molar-refractivity contribution >= 4 is 5.91 Å². The summed E-state index contributed by atoms with van der Waals surface area (Å²) in [6, 6.07) is 7.97. The third kappa shape index (κ3) is 3.77. The number of hydrogen-bond acceptors (Lipinski definition) is 2. The van der Waals surface area contributed by atoms with E-state index in [0.29, 0.717) is 18.9 Å². The van der Waals surface area contributed by atoms with E-state index < -0.39 is 0 Å². The maximum Gasteiger partial charge on any atom is 0.217 e. The van der Waals surface area contributed by atoms with Crippen molar-refractivity contribution in [3.63, 3.8) is 0 Å². The molecule has 0 saturated heterocycles. The molecule has 1 aliphatic rings. The van der Waals surface area contributed by atoms with Crippen molar-refractivity contribution in [3.05, 3.63) is 29.8 Å². The van der Waals surface area contributed by atoms with Gasteiger partial charge >= 0.3 is 0 Å². The highest BCUT2D eigenvalue weighted by molar-refractivity contribution is 5.74. The SMILES string of the molecule is NC(=O)CCc1cccc(OC2CCCC2)c1. The van der Waals surface area contributed by atoms with E-state index in [1.165, 1.54) is 12.8 Å². The molecule has 0 aliphatic heterocycles. The van der Waals surface area contributed by atoms with Gasteiger partial charge in [-0.15, -0.1) is 0 Å². The summed E-state index contributed by atoms with van der Waals surface area (Å²) in [6.45, 7) is 0. The van der Waals surface area contributed by atoms with Crippen LogP contribution in [0.3, 0.4) is 0 Å². The van der Waals surface area contributed by atoms with Crippen LogP contribution in [-0.2, 0) is 11.2 Å². The molecule has 92 valence electrons. The minimum Gasteiger partial charge on any atom is -0.490 e. The molecule has 1 amide bonds. The molecule has 2 rings (SSSR count). The predicted octanol–water partition coefficient (Wildman–Crippen LogP) is 2.43. The number of hydrogen-bond donors (Lipinski definition) is 1. The molecule has 0 radical (unpaired) electrons. The zero-order chi connectivity index (χ0) is 12.1. The van der Waals surface area contributed by atoms with Crippen molar-refractivity contribution in [2.75, 3.05) is 0 Å². The molecule has 3 heteroatoms. The number of primary amides is 1. The molecule has 1 fully saturated rings. The number of carbonyl (C=O) groups is 1. The Morgan fingerprint density at radius 3 is 2.82 bits per heavy atom. The van der Waals surface area contributed by atoms with E-state index in [9.17, 15) is 4.79 Å². The summed E-state index contributed by atoms with van der Waals surface area (Å²) in [7, 11) is 0. The van der Waals surface area contributed by atoms with Gasteiger partial charge in [-0.2, -0.15) is 0 Å². The van der Waals surface area contributed by atoms with Crippen LogP contribution in [0, 0.1) is 0 Å². The Morgan fingerprint density at radius 2 is 2.12 bits per heavy atom. The normalized spacial score (nSPS) is 16.0. The van der Waals surface area contributed by atoms with Gasteiger partial charge in [0, 0.05) is 6.42 Å². The first-order valence-corrected chi connectivity index (χ1v) is 6.28. The van der Waals surface area contributed by atoms with Crippen molar-refractivity contribution in [2.24, 2.45) is 5.73 Å². The Labute approximate surface area is 102 Å². The van der Waals surface area contributed by atoms with Gasteiger partial charge in [-0.25, -0.2) is 0 Å². The second-order valence-electron chi connectivity index (χ2n) is 4.64. The molecule has 1 aromatic carbocycles. The van der Waals surface area contributed by atoms with Crippen LogP contribution in [-0.4, -0.2) is 12.0 Å². The first kappa shape index (κ1) is 12.0. The lowest BCUT2D eigenvalue weighted by Crippen LogP contribution is -2.12. The van der Waals surface area contributed by atoms with Gasteiger partial charge in [-0.1, -0.05) is 12.1 Å². The van der Waals surface area contributed by atoms with E-state index in [2.05, 4.69) is 0 Å². The summed E-state index contributed by atoms with van der Waals surface area (Å²) in [5.41, 5.74) is 6.25. The fourth-order valence-corrected chi connectivity index (χ4v) is 2.24. The summed E-state index contributed by atoms with van der Waals surface area (Å²) >= 11 is 0. The molecule has 0 unspecified atom stereocenters. The van der Waals surface area contributed by atoms with Crippen LogP contribution in [0.1, 0.15) is 37.7 Å². The van der Waals surface area contributed by atoms with Crippen molar-refractivity contribution in [3.8, 4) is 5.75 Å². The summed E-state index contributed by atoms with van der Waals surface area (Å²) in [5, 5.41) is 0. The lowest BCUT2D eigenvalue weighted by atomic mass is 10.1. The largest absolute Gasteiger partial charge is 0.490 e. The molecule has 3 nitrogen and oxygen atoms in total. The smallest absolute Gasteiger partial charge is 0.217 e. The third-order valence-electron chi connectivity index (χ3n) is 3.16. The van der Waals surface area contributed by atoms with Crippen molar-refractivity contribution in [2.45, 2.75) is 44.6 Å². The molecule has 0 spiro atoms. The van der Waals surface area contributed by atoms with Crippen LogP contribution in [0.4, 0.5) is 0 Å². The molecule has 17 heavy (non-hydrogen) atoms. The number of aryl methyl sites for hydroxylation is 1. The van der Waals surface area contributed by atoms with Crippen molar-refractivity contribution in [1.29, 1.82) is 0 Å². The van der Waals surface area contributed by atoms with Gasteiger partial charge in [-0.3, -0.25) is 4.79 Å². The average Bonchev–Trinajstić information content (AvgIpc) is 2.80. The zero-order valence-electron chi connectivity index (χ0n) is 10.0. The predicted molar refractivity (Wildman–Crippen MR) is 66.8 cm³/mol. The first-order chi connectivity index (χ1) is 8.24. The number of rotatable bonds is 5. The van der Waals surface area contributed by atoms with Gasteiger partial charge in [-0.05, 0) is 49.8 Å². The van der Waals surface area contributed by atoms with Crippen molar-refractivity contribution in [1.82, 2.24) is 0 Å². The van der Waals surface area contributed by atoms with Crippen LogP contribution in [0.2, 0.25) is 0 Å². The maximum atomic E-state index is 10.7. The van der Waals surface area contributed by atoms with Crippen LogP contribution in [0.5, 0.6) is 5.75 Å². The Hall–Kier alpha value is -1.51. The van der Waals surface area contributed by atoms with Gasteiger partial charge < -0.3 is 10.5 Å². The molecule has 1 aliphatic carbocycles. The van der Waals surface area contributed by atoms with E-state index in [4.69, 9.17) is 10.5 Å². The number of ether oxygens (including phenoxy) is 1. The monoisotopic (exact) mass is 233 g/mol. The summed E-state index contributed by atoms with van der Waals surface area (Å²) in [4.78, 5) is 10.7. The fraction of sp³-hybridized carbons (Fsp3) is 0.500. The van der Waals surface area contributed by atoms with Gasteiger partial charge in [0.25, 0.3) is 0 Å². The van der Waals surface area contributed by atoms with Gasteiger partial charge in [0.2, 0.25) is 5.91 Å². The summed E-state index contributed by atoms with van der Waals surface area (Å²) in [6.07, 6.45) is 6.32. The van der Waals surface area contributed by atoms with E-state index >= 15 is 0 Å².